The van der Waals surface area contributed by atoms with Gasteiger partial charge in [0.1, 0.15) is 11.6 Å². The molecule has 0 rings (SSSR count). The average molecular weight is 370 g/mol. The Bertz CT molecular complexity index is 415. The van der Waals surface area contributed by atoms with Gasteiger partial charge in [-0.05, 0) is 38.5 Å². The van der Waals surface area contributed by atoms with Gasteiger partial charge in [0.2, 0.25) is 0 Å². The van der Waals surface area contributed by atoms with Crippen molar-refractivity contribution in [1.29, 1.82) is 0 Å². The van der Waals surface area contributed by atoms with Gasteiger partial charge < -0.3 is 10.2 Å². The maximum absolute atomic E-state index is 11.7. The topological polar surface area (TPSA) is 109 Å². The molecule has 0 aliphatic heterocycles. The Morgan fingerprint density at radius 3 is 1.12 bits per heavy atom. The van der Waals surface area contributed by atoms with E-state index in [4.69, 9.17) is 10.2 Å². The minimum absolute atomic E-state index is 0.183. The quantitative estimate of drug-likeness (QED) is 0.371. The fourth-order valence-corrected chi connectivity index (χ4v) is 2.69. The van der Waals surface area contributed by atoms with Gasteiger partial charge in [0.25, 0.3) is 0 Å². The van der Waals surface area contributed by atoms with Gasteiger partial charge in [-0.25, -0.2) is 0 Å². The van der Waals surface area contributed by atoms with Crippen molar-refractivity contribution in [2.24, 2.45) is 11.8 Å². The Morgan fingerprint density at radius 2 is 0.846 bits per heavy atom. The highest BCUT2D eigenvalue weighted by Gasteiger charge is 2.12. The van der Waals surface area contributed by atoms with Gasteiger partial charge in [-0.2, -0.15) is 0 Å². The fourth-order valence-electron chi connectivity index (χ4n) is 2.69. The van der Waals surface area contributed by atoms with Crippen molar-refractivity contribution in [3.8, 4) is 0 Å². The van der Waals surface area contributed by atoms with Crippen molar-refractivity contribution in [3.63, 3.8) is 0 Å². The number of carbonyl (C=O) groups excluding carboxylic acids is 2. The lowest BCUT2D eigenvalue weighted by molar-refractivity contribution is -0.142. The van der Waals surface area contributed by atoms with Crippen LogP contribution in [0.2, 0.25) is 0 Å². The molecule has 6 nitrogen and oxygen atoms in total. The minimum atomic E-state index is -0.794. The molecule has 0 heterocycles. The molecule has 26 heavy (non-hydrogen) atoms. The Balaban J connectivity index is 3.54. The number of carboxylic acid groups (broad SMARTS) is 2. The zero-order chi connectivity index (χ0) is 19.9. The lowest BCUT2D eigenvalue weighted by Gasteiger charge is -2.06. The van der Waals surface area contributed by atoms with E-state index in [0.29, 0.717) is 51.4 Å². The normalized spacial score (nSPS) is 13.2. The predicted octanol–water partition coefficient (Wildman–Crippen LogP) is 4.25. The van der Waals surface area contributed by atoms with Gasteiger partial charge in [-0.15, -0.1) is 0 Å². The monoisotopic (exact) mass is 370 g/mol. The van der Waals surface area contributed by atoms with Crippen LogP contribution in [0, 0.1) is 11.8 Å². The molecule has 6 heteroatoms. The van der Waals surface area contributed by atoms with Crippen LogP contribution in [-0.4, -0.2) is 33.7 Å². The summed E-state index contributed by atoms with van der Waals surface area (Å²) in [6, 6.07) is 0. The highest BCUT2D eigenvalue weighted by Crippen LogP contribution is 2.13. The first kappa shape index (κ1) is 24.3. The summed E-state index contributed by atoms with van der Waals surface area (Å²) < 4.78 is 0. The van der Waals surface area contributed by atoms with Crippen molar-refractivity contribution in [2.45, 2.75) is 90.9 Å². The lowest BCUT2D eigenvalue weighted by atomic mass is 9.99. The first-order valence-corrected chi connectivity index (χ1v) is 9.73. The third-order valence-electron chi connectivity index (χ3n) is 4.69. The van der Waals surface area contributed by atoms with Crippen molar-refractivity contribution >= 4 is 23.5 Å². The number of carboxylic acids is 2. The smallest absolute Gasteiger partial charge is 0.306 e. The minimum Gasteiger partial charge on any atom is -0.481 e. The van der Waals surface area contributed by atoms with Crippen LogP contribution < -0.4 is 0 Å². The van der Waals surface area contributed by atoms with E-state index in [-0.39, 0.29) is 23.4 Å². The molecule has 0 aromatic carbocycles. The number of aliphatic carboxylic acids is 2. The van der Waals surface area contributed by atoms with Gasteiger partial charge >= 0.3 is 11.9 Å². The van der Waals surface area contributed by atoms with Gasteiger partial charge in [-0.1, -0.05) is 26.7 Å². The second-order valence-corrected chi connectivity index (χ2v) is 7.25. The number of hydrogen-bond donors (Lipinski definition) is 2. The molecule has 2 unspecified atom stereocenters. The molecule has 2 N–H and O–H groups in total. The van der Waals surface area contributed by atoms with Crippen molar-refractivity contribution in [1.82, 2.24) is 0 Å². The molecular weight excluding hydrogens is 336 g/mol. The first-order valence-electron chi connectivity index (χ1n) is 9.73. The predicted molar refractivity (Wildman–Crippen MR) is 99.0 cm³/mol. The molecule has 0 spiro atoms. The van der Waals surface area contributed by atoms with E-state index in [1.54, 1.807) is 13.8 Å². The molecule has 2 atom stereocenters. The third-order valence-corrected chi connectivity index (χ3v) is 4.69. The van der Waals surface area contributed by atoms with Crippen LogP contribution in [0.4, 0.5) is 0 Å². The molecule has 0 radical (unpaired) electrons. The van der Waals surface area contributed by atoms with Crippen LogP contribution in [-0.2, 0) is 19.2 Å². The van der Waals surface area contributed by atoms with E-state index in [2.05, 4.69) is 0 Å². The Hall–Kier alpha value is -1.72. The molecule has 0 aromatic heterocycles. The number of carbonyl (C=O) groups is 4. The van der Waals surface area contributed by atoms with Crippen LogP contribution in [0.25, 0.3) is 0 Å². The second kappa shape index (κ2) is 14.4. The Kier molecular flexibility index (Phi) is 13.5. The summed E-state index contributed by atoms with van der Waals surface area (Å²) in [5.74, 6) is -1.94. The number of Topliss-reactive ketones (excluding diaryl/α,β-unsaturated/α-hetero) is 2. The van der Waals surface area contributed by atoms with Crippen molar-refractivity contribution in [2.75, 3.05) is 0 Å². The molecule has 150 valence electrons. The fraction of sp³-hybridized carbons (Fsp3) is 0.800. The van der Waals surface area contributed by atoms with Gasteiger partial charge in [0.05, 0.1) is 11.8 Å². The summed E-state index contributed by atoms with van der Waals surface area (Å²) in [7, 11) is 0. The molecule has 0 saturated heterocycles. The standard InChI is InChI=1S/C20H34O6/c1-15(19(23)24)9-3-5-11-17(21)13-7-8-14-18(22)12-6-4-10-16(2)20(25)26/h15-16H,3-14H2,1-2H3,(H,23,24)(H,25,26). The maximum Gasteiger partial charge on any atom is 0.306 e. The van der Waals surface area contributed by atoms with Gasteiger partial charge in [0, 0.05) is 25.7 Å². The summed E-state index contributed by atoms with van der Waals surface area (Å²) in [6.07, 6.45) is 7.52. The van der Waals surface area contributed by atoms with E-state index in [9.17, 15) is 19.2 Å². The number of ketones is 2. The number of hydrogen-bond acceptors (Lipinski definition) is 4. The van der Waals surface area contributed by atoms with Crippen molar-refractivity contribution in [3.05, 3.63) is 0 Å². The van der Waals surface area contributed by atoms with Crippen LogP contribution in [0.1, 0.15) is 90.9 Å². The molecule has 0 saturated carbocycles. The molecule has 0 bridgehead atoms. The largest absolute Gasteiger partial charge is 0.481 e. The number of unbranched alkanes of at least 4 members (excludes halogenated alkanes) is 3. The number of rotatable bonds is 17. The van der Waals surface area contributed by atoms with Crippen LogP contribution in [0.3, 0.4) is 0 Å². The zero-order valence-electron chi connectivity index (χ0n) is 16.2. The average Bonchev–Trinajstić information content (AvgIpc) is 2.58. The summed E-state index contributed by atoms with van der Waals surface area (Å²) in [4.78, 5) is 44.9. The van der Waals surface area contributed by atoms with Crippen LogP contribution in [0.5, 0.6) is 0 Å². The third kappa shape index (κ3) is 13.6. The van der Waals surface area contributed by atoms with Crippen LogP contribution >= 0.6 is 0 Å². The zero-order valence-corrected chi connectivity index (χ0v) is 16.2. The molecule has 0 aliphatic rings. The molecule has 0 amide bonds. The van der Waals surface area contributed by atoms with Gasteiger partial charge in [0.15, 0.2) is 0 Å². The highest BCUT2D eigenvalue weighted by molar-refractivity contribution is 5.79. The van der Waals surface area contributed by atoms with E-state index in [1.165, 1.54) is 0 Å². The van der Waals surface area contributed by atoms with E-state index < -0.39 is 11.9 Å². The summed E-state index contributed by atoms with van der Waals surface area (Å²) in [5.41, 5.74) is 0. The summed E-state index contributed by atoms with van der Waals surface area (Å²) in [6.45, 7) is 3.35. The van der Waals surface area contributed by atoms with E-state index in [0.717, 1.165) is 25.7 Å². The highest BCUT2D eigenvalue weighted by atomic mass is 16.4. The van der Waals surface area contributed by atoms with E-state index in [1.807, 2.05) is 0 Å². The second-order valence-electron chi connectivity index (χ2n) is 7.25. The Morgan fingerprint density at radius 1 is 0.577 bits per heavy atom. The van der Waals surface area contributed by atoms with Crippen LogP contribution in [0.15, 0.2) is 0 Å². The maximum atomic E-state index is 11.7. The SMILES string of the molecule is CC(CCCCC(=O)CCCCC(=O)CCCCC(C)C(=O)O)C(=O)O. The first-order chi connectivity index (χ1) is 12.2. The molecule has 0 fully saturated rings. The summed E-state index contributed by atoms with van der Waals surface area (Å²) in [5, 5.41) is 17.5. The Labute approximate surface area is 156 Å². The van der Waals surface area contributed by atoms with Gasteiger partial charge in [-0.3, -0.25) is 19.2 Å². The molecular formula is C20H34O6. The summed E-state index contributed by atoms with van der Waals surface area (Å²) >= 11 is 0. The molecule has 0 aromatic rings. The van der Waals surface area contributed by atoms with E-state index >= 15 is 0 Å². The lowest BCUT2D eigenvalue weighted by Crippen LogP contribution is -2.09. The molecule has 0 aliphatic carbocycles. The van der Waals surface area contributed by atoms with Crippen molar-refractivity contribution < 1.29 is 29.4 Å².